The van der Waals surface area contributed by atoms with Gasteiger partial charge in [-0.3, -0.25) is 5.41 Å². The van der Waals surface area contributed by atoms with Crippen LogP contribution in [0.25, 0.3) is 0 Å². The lowest BCUT2D eigenvalue weighted by Gasteiger charge is -2.36. The molecule has 18 heavy (non-hydrogen) atoms. The highest BCUT2D eigenvalue weighted by atomic mass is 15.2. The maximum absolute atomic E-state index is 7.76. The summed E-state index contributed by atoms with van der Waals surface area (Å²) in [5.41, 5.74) is 9.03. The van der Waals surface area contributed by atoms with Crippen LogP contribution in [0.1, 0.15) is 42.5 Å². The zero-order valence-corrected chi connectivity index (χ0v) is 10.9. The average molecular weight is 244 g/mol. The quantitative estimate of drug-likeness (QED) is 0.630. The fraction of sp³-hybridized carbons (Fsp3) is 0.571. The van der Waals surface area contributed by atoms with Gasteiger partial charge in [0, 0.05) is 18.8 Å². The van der Waals surface area contributed by atoms with Crippen molar-refractivity contribution in [1.82, 2.24) is 4.98 Å². The first-order valence-corrected chi connectivity index (χ1v) is 6.77. The molecule has 0 radical (unpaired) electrons. The summed E-state index contributed by atoms with van der Waals surface area (Å²) in [7, 11) is 2.08. The van der Waals surface area contributed by atoms with Gasteiger partial charge in [0.2, 0.25) is 0 Å². The van der Waals surface area contributed by atoms with E-state index in [2.05, 4.69) is 18.0 Å². The van der Waals surface area contributed by atoms with Crippen LogP contribution in [0.15, 0.2) is 6.07 Å². The monoisotopic (exact) mass is 244 g/mol. The summed E-state index contributed by atoms with van der Waals surface area (Å²) in [6.45, 7) is 0. The van der Waals surface area contributed by atoms with E-state index in [9.17, 15) is 0 Å². The van der Waals surface area contributed by atoms with Crippen LogP contribution in [0.3, 0.4) is 0 Å². The first kappa shape index (κ1) is 11.5. The molecule has 1 aromatic rings. The Labute approximate surface area is 108 Å². The standard InChI is InChI=1S/C14H20N4/c1-18(10-5-3-6-10)14-11(13(15)16)8-9-4-2-7-12(9)17-14/h8,10H,2-7H2,1H3,(H3,15,16). The van der Waals surface area contributed by atoms with Crippen LogP contribution in [0.5, 0.6) is 0 Å². The molecular weight excluding hydrogens is 224 g/mol. The molecule has 1 fully saturated rings. The highest BCUT2D eigenvalue weighted by Gasteiger charge is 2.27. The molecule has 3 N–H and O–H groups in total. The van der Waals surface area contributed by atoms with Crippen molar-refractivity contribution in [2.24, 2.45) is 5.73 Å². The minimum absolute atomic E-state index is 0.137. The number of amidine groups is 1. The minimum atomic E-state index is 0.137. The molecule has 4 nitrogen and oxygen atoms in total. The Morgan fingerprint density at radius 2 is 2.17 bits per heavy atom. The van der Waals surface area contributed by atoms with Gasteiger partial charge in [0.25, 0.3) is 0 Å². The fourth-order valence-electron chi connectivity index (χ4n) is 2.88. The molecule has 4 heteroatoms. The molecule has 1 heterocycles. The van der Waals surface area contributed by atoms with Gasteiger partial charge in [-0.15, -0.1) is 0 Å². The molecular formula is C14H20N4. The van der Waals surface area contributed by atoms with Crippen LogP contribution in [-0.4, -0.2) is 23.9 Å². The van der Waals surface area contributed by atoms with Crippen molar-refractivity contribution in [3.8, 4) is 0 Å². The Bertz CT molecular complexity index is 491. The lowest BCUT2D eigenvalue weighted by Crippen LogP contribution is -2.39. The number of hydrogen-bond donors (Lipinski definition) is 2. The first-order valence-electron chi connectivity index (χ1n) is 6.77. The Kier molecular flexibility index (Phi) is 2.73. The number of aryl methyl sites for hydroxylation is 2. The van der Waals surface area contributed by atoms with Crippen molar-refractivity contribution in [3.05, 3.63) is 22.9 Å². The second-order valence-corrected chi connectivity index (χ2v) is 5.43. The number of anilines is 1. The largest absolute Gasteiger partial charge is 0.384 e. The summed E-state index contributed by atoms with van der Waals surface area (Å²) in [4.78, 5) is 7.00. The Balaban J connectivity index is 2.02. The van der Waals surface area contributed by atoms with E-state index >= 15 is 0 Å². The summed E-state index contributed by atoms with van der Waals surface area (Å²) in [6.07, 6.45) is 7.08. The topological polar surface area (TPSA) is 66.0 Å². The van der Waals surface area contributed by atoms with Gasteiger partial charge < -0.3 is 10.6 Å². The van der Waals surface area contributed by atoms with Crippen LogP contribution < -0.4 is 10.6 Å². The number of hydrogen-bond acceptors (Lipinski definition) is 3. The smallest absolute Gasteiger partial charge is 0.139 e. The fourth-order valence-corrected chi connectivity index (χ4v) is 2.88. The number of nitrogens with zero attached hydrogens (tertiary/aromatic N) is 2. The van der Waals surface area contributed by atoms with Gasteiger partial charge in [0.1, 0.15) is 11.7 Å². The number of fused-ring (bicyclic) bond motifs is 1. The van der Waals surface area contributed by atoms with Gasteiger partial charge in [-0.25, -0.2) is 4.98 Å². The molecule has 0 amide bonds. The summed E-state index contributed by atoms with van der Waals surface area (Å²) < 4.78 is 0. The minimum Gasteiger partial charge on any atom is -0.384 e. The molecule has 1 aromatic heterocycles. The molecule has 2 aliphatic rings. The molecule has 0 atom stereocenters. The Morgan fingerprint density at radius 1 is 1.39 bits per heavy atom. The molecule has 0 unspecified atom stereocenters. The van der Waals surface area contributed by atoms with Crippen molar-refractivity contribution in [1.29, 1.82) is 5.41 Å². The zero-order chi connectivity index (χ0) is 12.7. The third-order valence-electron chi connectivity index (χ3n) is 4.28. The van der Waals surface area contributed by atoms with E-state index in [0.29, 0.717) is 6.04 Å². The molecule has 1 saturated carbocycles. The van der Waals surface area contributed by atoms with Crippen molar-refractivity contribution in [2.75, 3.05) is 11.9 Å². The summed E-state index contributed by atoms with van der Waals surface area (Å²) in [5.74, 6) is 1.05. The summed E-state index contributed by atoms with van der Waals surface area (Å²) >= 11 is 0. The van der Waals surface area contributed by atoms with Gasteiger partial charge in [0.15, 0.2) is 0 Å². The molecule has 0 aliphatic heterocycles. The van der Waals surface area contributed by atoms with E-state index in [-0.39, 0.29) is 5.84 Å². The van der Waals surface area contributed by atoms with Gasteiger partial charge >= 0.3 is 0 Å². The van der Waals surface area contributed by atoms with E-state index in [1.54, 1.807) is 0 Å². The predicted molar refractivity (Wildman–Crippen MR) is 73.3 cm³/mol. The van der Waals surface area contributed by atoms with Crippen LogP contribution in [0.4, 0.5) is 5.82 Å². The number of pyridine rings is 1. The normalized spacial score (nSPS) is 18.3. The highest BCUT2D eigenvalue weighted by Crippen LogP contribution is 2.32. The molecule has 0 spiro atoms. The molecule has 0 saturated heterocycles. The van der Waals surface area contributed by atoms with Crippen molar-refractivity contribution in [3.63, 3.8) is 0 Å². The van der Waals surface area contributed by atoms with E-state index in [0.717, 1.165) is 24.2 Å². The Morgan fingerprint density at radius 3 is 2.78 bits per heavy atom. The number of nitrogens with one attached hydrogen (secondary N) is 1. The zero-order valence-electron chi connectivity index (χ0n) is 10.9. The van der Waals surface area contributed by atoms with E-state index < -0.39 is 0 Å². The first-order chi connectivity index (χ1) is 8.66. The lowest BCUT2D eigenvalue weighted by atomic mass is 9.91. The third kappa shape index (κ3) is 1.76. The van der Waals surface area contributed by atoms with Crippen LogP contribution in [0, 0.1) is 5.41 Å². The highest BCUT2D eigenvalue weighted by molar-refractivity contribution is 6.00. The van der Waals surface area contributed by atoms with E-state index in [4.69, 9.17) is 16.1 Å². The number of rotatable bonds is 3. The Hall–Kier alpha value is -1.58. The van der Waals surface area contributed by atoms with Gasteiger partial charge in [-0.1, -0.05) is 0 Å². The second-order valence-electron chi connectivity index (χ2n) is 5.43. The van der Waals surface area contributed by atoms with Crippen molar-refractivity contribution >= 4 is 11.7 Å². The van der Waals surface area contributed by atoms with Crippen LogP contribution in [0.2, 0.25) is 0 Å². The molecule has 0 bridgehead atoms. The SMILES string of the molecule is CN(c1nc2c(cc1C(=N)N)CCC2)C1CCC1. The third-order valence-corrected chi connectivity index (χ3v) is 4.28. The predicted octanol–water partition coefficient (Wildman–Crippen LogP) is 1.84. The second kappa shape index (κ2) is 4.26. The van der Waals surface area contributed by atoms with Gasteiger partial charge in [-0.05, 0) is 50.2 Å². The maximum atomic E-state index is 7.76. The van der Waals surface area contributed by atoms with Gasteiger partial charge in [-0.2, -0.15) is 0 Å². The van der Waals surface area contributed by atoms with Crippen molar-refractivity contribution < 1.29 is 0 Å². The molecule has 3 rings (SSSR count). The molecule has 2 aliphatic carbocycles. The molecule has 96 valence electrons. The summed E-state index contributed by atoms with van der Waals surface area (Å²) in [6, 6.07) is 2.66. The molecule has 0 aromatic carbocycles. The van der Waals surface area contributed by atoms with Crippen LogP contribution >= 0.6 is 0 Å². The van der Waals surface area contributed by atoms with Gasteiger partial charge in [0.05, 0.1) is 5.56 Å². The van der Waals surface area contributed by atoms with E-state index in [1.807, 2.05) is 0 Å². The lowest BCUT2D eigenvalue weighted by molar-refractivity contribution is 0.399. The number of aromatic nitrogens is 1. The van der Waals surface area contributed by atoms with E-state index in [1.165, 1.54) is 36.9 Å². The maximum Gasteiger partial charge on any atom is 0.139 e. The number of nitrogens with two attached hydrogens (primary N) is 1. The summed E-state index contributed by atoms with van der Waals surface area (Å²) in [5, 5.41) is 7.76. The van der Waals surface area contributed by atoms with Crippen LogP contribution in [-0.2, 0) is 12.8 Å². The number of nitrogen functional groups attached to an aromatic ring is 1. The van der Waals surface area contributed by atoms with Crippen molar-refractivity contribution in [2.45, 2.75) is 44.6 Å². The average Bonchev–Trinajstić information content (AvgIpc) is 2.71.